The lowest BCUT2D eigenvalue weighted by molar-refractivity contribution is -0.145. The first-order valence-corrected chi connectivity index (χ1v) is 12.6. The molecule has 0 radical (unpaired) electrons. The molecule has 0 saturated carbocycles. The normalized spacial score (nSPS) is 19.1. The molecule has 1 aliphatic carbocycles. The molecule has 1 aromatic carbocycles. The van der Waals surface area contributed by atoms with Gasteiger partial charge in [-0.3, -0.25) is 25.7 Å². The first-order valence-electron chi connectivity index (χ1n) is 11.0. The third-order valence-electron chi connectivity index (χ3n) is 5.69. The third kappa shape index (κ3) is 5.77. The van der Waals surface area contributed by atoms with Gasteiger partial charge in [0.1, 0.15) is 16.5 Å². The summed E-state index contributed by atoms with van der Waals surface area (Å²) >= 11 is 0. The minimum Gasteiger partial charge on any atom is -0.481 e. The number of sulfone groups is 1. The molecule has 188 valence electrons. The van der Waals surface area contributed by atoms with E-state index in [1.807, 2.05) is 0 Å². The fraction of sp³-hybridized carbons (Fsp3) is 0.391. The maximum atomic E-state index is 13.0. The van der Waals surface area contributed by atoms with Gasteiger partial charge in [0.05, 0.1) is 30.7 Å². The maximum Gasteiger partial charge on any atom is 0.344 e. The monoisotopic (exact) mass is 505 g/mol. The highest BCUT2D eigenvalue weighted by Gasteiger charge is 2.38. The summed E-state index contributed by atoms with van der Waals surface area (Å²) in [5, 5.41) is 16.6. The van der Waals surface area contributed by atoms with Crippen LogP contribution < -0.4 is 10.2 Å². The fourth-order valence-corrected chi connectivity index (χ4v) is 4.91. The van der Waals surface area contributed by atoms with Crippen molar-refractivity contribution in [3.63, 3.8) is 0 Å². The molecule has 0 fully saturated rings. The summed E-state index contributed by atoms with van der Waals surface area (Å²) in [5.74, 6) is -3.31. The number of hydrogen-bond acceptors (Lipinski definition) is 10. The second-order valence-corrected chi connectivity index (χ2v) is 10.2. The van der Waals surface area contributed by atoms with Crippen molar-refractivity contribution in [2.24, 2.45) is 11.8 Å². The number of esters is 1. The molecule has 0 aromatic heterocycles. The minimum atomic E-state index is -3.77. The number of amidine groups is 1. The van der Waals surface area contributed by atoms with E-state index < -0.39 is 34.2 Å². The number of fused-ring (bicyclic) bond motifs is 1. The number of allylic oxidation sites excluding steroid dienone is 1. The lowest BCUT2D eigenvalue weighted by Gasteiger charge is -2.23. The van der Waals surface area contributed by atoms with Crippen LogP contribution in [0.5, 0.6) is 5.75 Å². The topological polar surface area (TPSA) is 163 Å². The quantitative estimate of drug-likeness (QED) is 0.138. The number of carbonyl (C=O) groups excluding carboxylic acids is 3. The van der Waals surface area contributed by atoms with E-state index in [9.17, 15) is 22.8 Å². The highest BCUT2D eigenvalue weighted by molar-refractivity contribution is 7.91. The number of nitrogens with one attached hydrogen (secondary N) is 2. The van der Waals surface area contributed by atoms with Gasteiger partial charge in [-0.25, -0.2) is 13.2 Å². The Kier molecular flexibility index (Phi) is 8.07. The summed E-state index contributed by atoms with van der Waals surface area (Å²) in [6.07, 6.45) is 4.89. The van der Waals surface area contributed by atoms with E-state index in [4.69, 9.17) is 20.1 Å². The highest BCUT2D eigenvalue weighted by atomic mass is 32.2. The first-order chi connectivity index (χ1) is 16.6. The van der Waals surface area contributed by atoms with Gasteiger partial charge in [0.2, 0.25) is 0 Å². The maximum absolute atomic E-state index is 13.0. The van der Waals surface area contributed by atoms with Crippen molar-refractivity contribution in [2.45, 2.75) is 18.7 Å². The van der Waals surface area contributed by atoms with Crippen LogP contribution in [0.1, 0.15) is 24.2 Å². The Morgan fingerprint density at radius 1 is 1.29 bits per heavy atom. The number of benzene rings is 1. The summed E-state index contributed by atoms with van der Waals surface area (Å²) < 4.78 is 35.4. The van der Waals surface area contributed by atoms with Crippen molar-refractivity contribution < 1.29 is 37.5 Å². The smallest absolute Gasteiger partial charge is 0.344 e. The van der Waals surface area contributed by atoms with Gasteiger partial charge in [-0.1, -0.05) is 19.1 Å². The highest BCUT2D eigenvalue weighted by Crippen LogP contribution is 2.32. The molecule has 0 amide bonds. The molecule has 1 aliphatic heterocycles. The number of carbonyl (C=O) groups is 3. The molecule has 3 N–H and O–H groups in total. The number of ketones is 2. The van der Waals surface area contributed by atoms with Crippen molar-refractivity contribution in [1.82, 2.24) is 10.4 Å². The predicted octanol–water partition coefficient (Wildman–Crippen LogP) is 1.13. The van der Waals surface area contributed by atoms with Gasteiger partial charge in [0.25, 0.3) is 0 Å². The summed E-state index contributed by atoms with van der Waals surface area (Å²) in [4.78, 5) is 38.7. The summed E-state index contributed by atoms with van der Waals surface area (Å²) in [5.41, 5.74) is 2.53. The van der Waals surface area contributed by atoms with Gasteiger partial charge < -0.3 is 14.4 Å². The van der Waals surface area contributed by atoms with Crippen LogP contribution in [0.4, 0.5) is 0 Å². The zero-order valence-electron chi connectivity index (χ0n) is 19.3. The Morgan fingerprint density at radius 2 is 2.03 bits per heavy atom. The van der Waals surface area contributed by atoms with Crippen LogP contribution in [0.2, 0.25) is 0 Å². The predicted molar refractivity (Wildman–Crippen MR) is 124 cm³/mol. The summed E-state index contributed by atoms with van der Waals surface area (Å²) in [7, 11) is -3.77. The Balaban J connectivity index is 1.76. The van der Waals surface area contributed by atoms with E-state index in [0.29, 0.717) is 5.57 Å². The van der Waals surface area contributed by atoms with Crippen molar-refractivity contribution in [1.29, 1.82) is 5.41 Å². The van der Waals surface area contributed by atoms with E-state index in [-0.39, 0.29) is 59.1 Å². The molecule has 1 aromatic rings. The zero-order chi connectivity index (χ0) is 25.8. The van der Waals surface area contributed by atoms with Gasteiger partial charge >= 0.3 is 5.97 Å². The third-order valence-corrected chi connectivity index (χ3v) is 7.44. The lowest BCUT2D eigenvalue weighted by atomic mass is 9.83. The zero-order valence-corrected chi connectivity index (χ0v) is 20.1. The van der Waals surface area contributed by atoms with Gasteiger partial charge in [-0.05, 0) is 30.7 Å². The molecular formula is C23H27N3O8S. The molecule has 1 heterocycles. The minimum absolute atomic E-state index is 0.0486. The van der Waals surface area contributed by atoms with Crippen LogP contribution in [0.3, 0.4) is 0 Å². The largest absolute Gasteiger partial charge is 0.481 e. The van der Waals surface area contributed by atoms with E-state index in [0.717, 1.165) is 0 Å². The molecule has 2 unspecified atom stereocenters. The van der Waals surface area contributed by atoms with Gasteiger partial charge in [0.15, 0.2) is 28.0 Å². The van der Waals surface area contributed by atoms with Gasteiger partial charge in [-0.2, -0.15) is 0 Å². The van der Waals surface area contributed by atoms with Crippen LogP contribution >= 0.6 is 0 Å². The summed E-state index contributed by atoms with van der Waals surface area (Å²) in [6, 6.07) is 3.98. The Labute approximate surface area is 202 Å². The molecule has 0 saturated heterocycles. The summed E-state index contributed by atoms with van der Waals surface area (Å²) in [6.45, 7) is 2.91. The van der Waals surface area contributed by atoms with Crippen LogP contribution in [-0.2, 0) is 24.2 Å². The lowest BCUT2D eigenvalue weighted by Crippen LogP contribution is -2.39. The molecule has 2 atom stereocenters. The van der Waals surface area contributed by atoms with Gasteiger partial charge in [-0.15, -0.1) is 0 Å². The Morgan fingerprint density at radius 3 is 2.69 bits per heavy atom. The molecule has 3 rings (SSSR count). The molecule has 35 heavy (non-hydrogen) atoms. The standard InChI is InChI=1S/C23H27N3O8S/c1-3-33-21(28)13-34-19-8-6-14(9-20(19)35(31,32)4-2)18(27)12-26-10-15-5-7-16(23(24)25-30)22(29)17(15)11-26/h5-10,16-17,30H,3-4,11-13H2,1-2H3,(H2,24,25). The van der Waals surface area contributed by atoms with Crippen molar-refractivity contribution >= 4 is 33.2 Å². The molecule has 12 heteroatoms. The Bertz CT molecular complexity index is 1210. The number of rotatable bonds is 10. The first kappa shape index (κ1) is 26.1. The fourth-order valence-electron chi connectivity index (χ4n) is 3.86. The van der Waals surface area contributed by atoms with Crippen molar-refractivity contribution in [3.05, 3.63) is 47.7 Å². The molecular weight excluding hydrogens is 478 g/mol. The molecule has 2 aliphatic rings. The number of Topliss-reactive ketones (excluding diaryl/α,β-unsaturated/α-hetero) is 2. The van der Waals surface area contributed by atoms with E-state index in [1.54, 1.807) is 29.6 Å². The van der Waals surface area contributed by atoms with E-state index in [1.165, 1.54) is 31.2 Å². The second kappa shape index (κ2) is 10.8. The van der Waals surface area contributed by atoms with Crippen LogP contribution in [-0.4, -0.2) is 74.0 Å². The average molecular weight is 506 g/mol. The van der Waals surface area contributed by atoms with Crippen LogP contribution in [0.25, 0.3) is 0 Å². The molecule has 11 nitrogen and oxygen atoms in total. The number of nitrogens with zero attached hydrogens (tertiary/aromatic N) is 1. The average Bonchev–Trinajstić information content (AvgIpc) is 3.26. The van der Waals surface area contributed by atoms with Crippen LogP contribution in [0.15, 0.2) is 47.0 Å². The molecule has 0 spiro atoms. The number of hydrogen-bond donors (Lipinski definition) is 3. The molecule has 0 bridgehead atoms. The SMILES string of the molecule is CCOC(=O)COc1ccc(C(=O)CN2C=C3C=CC(C(=N)NO)C(=O)C3C2)cc1S(=O)(=O)CC. The van der Waals surface area contributed by atoms with Gasteiger partial charge in [0, 0.05) is 18.3 Å². The van der Waals surface area contributed by atoms with Crippen LogP contribution in [0, 0.1) is 17.2 Å². The second-order valence-electron chi connectivity index (χ2n) is 7.96. The number of hydroxylamine groups is 1. The Hall–Kier alpha value is -3.51. The van der Waals surface area contributed by atoms with E-state index in [2.05, 4.69) is 0 Å². The number of ether oxygens (including phenoxy) is 2. The van der Waals surface area contributed by atoms with Crippen molar-refractivity contribution in [3.8, 4) is 5.75 Å². The van der Waals surface area contributed by atoms with E-state index >= 15 is 0 Å². The van der Waals surface area contributed by atoms with Crippen molar-refractivity contribution in [2.75, 3.05) is 32.1 Å².